The van der Waals surface area contributed by atoms with Gasteiger partial charge in [0.05, 0.1) is 5.75 Å². The molecule has 0 atom stereocenters. The van der Waals surface area contributed by atoms with Crippen LogP contribution in [0, 0.1) is 6.92 Å². The fourth-order valence-electron chi connectivity index (χ4n) is 4.52. The van der Waals surface area contributed by atoms with E-state index >= 15 is 0 Å². The van der Waals surface area contributed by atoms with Crippen LogP contribution in [0.5, 0.6) is 0 Å². The minimum absolute atomic E-state index is 0.0927. The van der Waals surface area contributed by atoms with Crippen LogP contribution in [0.25, 0.3) is 17.1 Å². The van der Waals surface area contributed by atoms with Crippen molar-refractivity contribution in [3.8, 4) is 17.1 Å². The number of hydrogen-bond donors (Lipinski definition) is 1. The van der Waals surface area contributed by atoms with Gasteiger partial charge in [-0.05, 0) is 37.1 Å². The van der Waals surface area contributed by atoms with Gasteiger partial charge in [-0.1, -0.05) is 60.8 Å². The van der Waals surface area contributed by atoms with E-state index in [1.165, 1.54) is 11.8 Å². The van der Waals surface area contributed by atoms with Crippen molar-refractivity contribution in [2.24, 2.45) is 0 Å². The molecule has 0 unspecified atom stereocenters. The molecule has 1 aliphatic carbocycles. The lowest BCUT2D eigenvalue weighted by atomic mass is 9.89. The van der Waals surface area contributed by atoms with Crippen LogP contribution in [-0.4, -0.2) is 41.5 Å². The molecule has 0 saturated heterocycles. The Hall–Kier alpha value is -3.53. The number of pyridine rings is 1. The summed E-state index contributed by atoms with van der Waals surface area (Å²) in [6.45, 7) is 1.77. The Kier molecular flexibility index (Phi) is 6.89. The first-order valence-corrected chi connectivity index (χ1v) is 12.8. The monoisotopic (exact) mass is 489 g/mol. The predicted molar refractivity (Wildman–Crippen MR) is 132 cm³/mol. The quantitative estimate of drug-likeness (QED) is 0.299. The second kappa shape index (κ2) is 10.4. The number of hydrogen-bond acceptors (Lipinski definition) is 8. The lowest BCUT2D eigenvalue weighted by molar-refractivity contribution is -0.120. The molecule has 4 aromatic rings. The molecular weight excluding hydrogens is 462 g/mol. The molecule has 1 aromatic carbocycles. The van der Waals surface area contributed by atoms with Gasteiger partial charge in [0, 0.05) is 30.6 Å². The van der Waals surface area contributed by atoms with Gasteiger partial charge in [0.25, 0.3) is 0 Å². The number of carbonyl (C=O) groups excluding carboxylic acids is 1. The standard InChI is InChI=1S/C25H27N7O2S/c1-18-27-23(31-34-18)25(13-7-2-3-8-14-25)28-21(33)17-35-24-30-29-22(19-10-9-15-26-16-19)32(24)20-11-5-4-6-12-20/h4-6,9-12,15-16H,2-3,7-8,13-14,17H2,1H3,(H,28,33). The minimum atomic E-state index is -0.597. The zero-order chi connectivity index (χ0) is 24.1. The first-order chi connectivity index (χ1) is 17.1. The summed E-state index contributed by atoms with van der Waals surface area (Å²) < 4.78 is 7.22. The van der Waals surface area contributed by atoms with E-state index in [0.717, 1.165) is 49.8 Å². The fourth-order valence-corrected chi connectivity index (χ4v) is 5.27. The van der Waals surface area contributed by atoms with Crippen molar-refractivity contribution in [1.29, 1.82) is 0 Å². The third-order valence-corrected chi connectivity index (χ3v) is 7.12. The molecule has 10 heteroatoms. The summed E-state index contributed by atoms with van der Waals surface area (Å²) in [5.74, 6) is 1.85. The Labute approximate surface area is 207 Å². The van der Waals surface area contributed by atoms with Gasteiger partial charge in [-0.2, -0.15) is 4.98 Å². The lowest BCUT2D eigenvalue weighted by Gasteiger charge is -2.30. The Morgan fingerprint density at radius 3 is 2.57 bits per heavy atom. The van der Waals surface area contributed by atoms with Crippen LogP contribution in [0.4, 0.5) is 0 Å². The Balaban J connectivity index is 1.38. The summed E-state index contributed by atoms with van der Waals surface area (Å²) in [7, 11) is 0. The molecule has 1 N–H and O–H groups in total. The fraction of sp³-hybridized carbons (Fsp3) is 0.360. The maximum absolute atomic E-state index is 13.2. The highest BCUT2D eigenvalue weighted by Gasteiger charge is 2.38. The van der Waals surface area contributed by atoms with E-state index in [2.05, 4.69) is 30.6 Å². The summed E-state index contributed by atoms with van der Waals surface area (Å²) in [4.78, 5) is 21.9. The van der Waals surface area contributed by atoms with E-state index < -0.39 is 5.54 Å². The van der Waals surface area contributed by atoms with E-state index in [1.54, 1.807) is 19.3 Å². The van der Waals surface area contributed by atoms with Crippen molar-refractivity contribution in [1.82, 2.24) is 35.2 Å². The minimum Gasteiger partial charge on any atom is -0.342 e. The molecular formula is C25H27N7O2S. The Morgan fingerprint density at radius 2 is 1.89 bits per heavy atom. The summed E-state index contributed by atoms with van der Waals surface area (Å²) in [6.07, 6.45) is 9.38. The molecule has 1 saturated carbocycles. The van der Waals surface area contributed by atoms with E-state index in [9.17, 15) is 4.79 Å². The molecule has 3 aromatic heterocycles. The molecule has 0 bridgehead atoms. The first kappa shape index (κ1) is 23.2. The molecule has 1 amide bonds. The van der Waals surface area contributed by atoms with Crippen molar-refractivity contribution in [3.05, 3.63) is 66.6 Å². The summed E-state index contributed by atoms with van der Waals surface area (Å²) in [5.41, 5.74) is 1.17. The number of nitrogens with zero attached hydrogens (tertiary/aromatic N) is 6. The van der Waals surface area contributed by atoms with E-state index in [0.29, 0.717) is 22.7 Å². The van der Waals surface area contributed by atoms with Gasteiger partial charge in [-0.15, -0.1) is 10.2 Å². The van der Waals surface area contributed by atoms with Gasteiger partial charge in [0.1, 0.15) is 5.54 Å². The zero-order valence-electron chi connectivity index (χ0n) is 19.6. The number of rotatable bonds is 7. The van der Waals surface area contributed by atoms with Crippen molar-refractivity contribution >= 4 is 17.7 Å². The highest BCUT2D eigenvalue weighted by atomic mass is 32.2. The molecule has 35 heavy (non-hydrogen) atoms. The Bertz CT molecular complexity index is 1270. The van der Waals surface area contributed by atoms with Crippen LogP contribution in [0.2, 0.25) is 0 Å². The van der Waals surface area contributed by atoms with Crippen molar-refractivity contribution in [2.75, 3.05) is 5.75 Å². The molecule has 0 radical (unpaired) electrons. The van der Waals surface area contributed by atoms with Gasteiger partial charge in [0.2, 0.25) is 11.8 Å². The van der Waals surface area contributed by atoms with Gasteiger partial charge in [-0.3, -0.25) is 14.3 Å². The number of nitrogens with one attached hydrogen (secondary N) is 1. The number of amides is 1. The number of carbonyl (C=O) groups is 1. The number of thioether (sulfide) groups is 1. The average molecular weight is 490 g/mol. The third-order valence-electron chi connectivity index (χ3n) is 6.19. The molecule has 0 spiro atoms. The normalized spacial score (nSPS) is 15.5. The molecule has 180 valence electrons. The van der Waals surface area contributed by atoms with Gasteiger partial charge in [0.15, 0.2) is 16.8 Å². The van der Waals surface area contributed by atoms with Crippen LogP contribution in [0.1, 0.15) is 50.2 Å². The molecule has 3 heterocycles. The number of aromatic nitrogens is 6. The summed E-state index contributed by atoms with van der Waals surface area (Å²) in [6, 6.07) is 13.7. The highest BCUT2D eigenvalue weighted by Crippen LogP contribution is 2.35. The third kappa shape index (κ3) is 5.12. The molecule has 0 aliphatic heterocycles. The van der Waals surface area contributed by atoms with Crippen LogP contribution < -0.4 is 5.32 Å². The van der Waals surface area contributed by atoms with Crippen LogP contribution in [0.15, 0.2) is 64.5 Å². The van der Waals surface area contributed by atoms with E-state index in [4.69, 9.17) is 4.52 Å². The van der Waals surface area contributed by atoms with Crippen molar-refractivity contribution in [2.45, 2.75) is 56.1 Å². The van der Waals surface area contributed by atoms with E-state index in [1.807, 2.05) is 47.0 Å². The number of para-hydroxylation sites is 1. The number of aryl methyl sites for hydroxylation is 1. The van der Waals surface area contributed by atoms with Gasteiger partial charge < -0.3 is 9.84 Å². The van der Waals surface area contributed by atoms with Crippen LogP contribution >= 0.6 is 11.8 Å². The van der Waals surface area contributed by atoms with Crippen LogP contribution in [-0.2, 0) is 10.3 Å². The molecule has 5 rings (SSSR count). The second-order valence-corrected chi connectivity index (χ2v) is 9.63. The van der Waals surface area contributed by atoms with Crippen molar-refractivity contribution in [3.63, 3.8) is 0 Å². The molecule has 1 aliphatic rings. The lowest BCUT2D eigenvalue weighted by Crippen LogP contribution is -2.47. The smallest absolute Gasteiger partial charge is 0.231 e. The predicted octanol–water partition coefficient (Wildman–Crippen LogP) is 4.48. The van der Waals surface area contributed by atoms with E-state index in [-0.39, 0.29) is 11.7 Å². The topological polar surface area (TPSA) is 112 Å². The maximum atomic E-state index is 13.2. The molecule has 1 fully saturated rings. The van der Waals surface area contributed by atoms with Crippen LogP contribution in [0.3, 0.4) is 0 Å². The summed E-state index contributed by atoms with van der Waals surface area (Å²) >= 11 is 1.35. The second-order valence-electron chi connectivity index (χ2n) is 8.69. The average Bonchev–Trinajstić information content (AvgIpc) is 3.45. The maximum Gasteiger partial charge on any atom is 0.231 e. The van der Waals surface area contributed by atoms with Gasteiger partial charge >= 0.3 is 0 Å². The summed E-state index contributed by atoms with van der Waals surface area (Å²) in [5, 5.41) is 16.9. The molecule has 9 nitrogen and oxygen atoms in total. The number of benzene rings is 1. The first-order valence-electron chi connectivity index (χ1n) is 11.8. The highest BCUT2D eigenvalue weighted by molar-refractivity contribution is 7.99. The largest absolute Gasteiger partial charge is 0.342 e. The Morgan fingerprint density at radius 1 is 1.09 bits per heavy atom. The SMILES string of the molecule is Cc1nc(C2(NC(=O)CSc3nnc(-c4cccnc4)n3-c3ccccc3)CCCCCC2)no1. The zero-order valence-corrected chi connectivity index (χ0v) is 20.4. The van der Waals surface area contributed by atoms with Crippen molar-refractivity contribution < 1.29 is 9.32 Å². The van der Waals surface area contributed by atoms with Gasteiger partial charge in [-0.25, -0.2) is 0 Å².